The van der Waals surface area contributed by atoms with Crippen molar-refractivity contribution in [1.82, 2.24) is 10.2 Å². The Hall–Kier alpha value is -1.40. The second-order valence-corrected chi connectivity index (χ2v) is 6.78. The molecule has 2 aliphatic heterocycles. The van der Waals surface area contributed by atoms with Crippen LogP contribution in [0.1, 0.15) is 29.8 Å². The first-order valence-corrected chi connectivity index (χ1v) is 7.72. The van der Waals surface area contributed by atoms with Crippen molar-refractivity contribution in [2.45, 2.75) is 25.8 Å². The Morgan fingerprint density at radius 1 is 1.55 bits per heavy atom. The van der Waals surface area contributed by atoms with Crippen LogP contribution in [0.15, 0.2) is 11.4 Å². The van der Waals surface area contributed by atoms with E-state index >= 15 is 0 Å². The molecule has 2 aliphatic rings. The molecule has 6 heteroatoms. The van der Waals surface area contributed by atoms with Crippen molar-refractivity contribution in [2.24, 2.45) is 5.41 Å². The second kappa shape index (κ2) is 4.86. The molecular weight excluding hydrogens is 276 g/mol. The maximum Gasteiger partial charge on any atom is 0.331 e. The Kier molecular flexibility index (Phi) is 3.30. The minimum atomic E-state index is -0.938. The second-order valence-electron chi connectivity index (χ2n) is 5.78. The third kappa shape index (κ3) is 2.03. The van der Waals surface area contributed by atoms with E-state index in [9.17, 15) is 14.7 Å². The van der Waals surface area contributed by atoms with Gasteiger partial charge in [0.15, 0.2) is 6.04 Å². The molecule has 2 atom stereocenters. The predicted molar refractivity (Wildman–Crippen MR) is 75.7 cm³/mol. The van der Waals surface area contributed by atoms with Gasteiger partial charge in [0.05, 0.1) is 5.41 Å². The number of hydrogen-bond donors (Lipinski definition) is 2. The monoisotopic (exact) mass is 294 g/mol. The molecule has 0 spiro atoms. The van der Waals surface area contributed by atoms with Gasteiger partial charge in [-0.1, -0.05) is 0 Å². The number of nitrogens with zero attached hydrogens (tertiary/aromatic N) is 1. The van der Waals surface area contributed by atoms with E-state index in [4.69, 9.17) is 0 Å². The highest BCUT2D eigenvalue weighted by Gasteiger charge is 2.45. The third-order valence-electron chi connectivity index (χ3n) is 4.35. The predicted octanol–water partition coefficient (Wildman–Crippen LogP) is 1.26. The fraction of sp³-hybridized carbons (Fsp3) is 0.571. The van der Waals surface area contributed by atoms with Crippen molar-refractivity contribution in [3.05, 3.63) is 21.9 Å². The summed E-state index contributed by atoms with van der Waals surface area (Å²) in [5.74, 6) is -0.973. The van der Waals surface area contributed by atoms with Crippen molar-refractivity contribution in [3.63, 3.8) is 0 Å². The van der Waals surface area contributed by atoms with Gasteiger partial charge in [-0.15, -0.1) is 11.3 Å². The zero-order valence-electron chi connectivity index (χ0n) is 11.4. The number of carbonyl (C=O) groups excluding carboxylic acids is 1. The Bertz CT molecular complexity index is 548. The summed E-state index contributed by atoms with van der Waals surface area (Å²) in [6.45, 7) is 3.87. The summed E-state index contributed by atoms with van der Waals surface area (Å²) in [5.41, 5.74) is 0.318. The number of thiophene rings is 1. The Morgan fingerprint density at radius 2 is 2.35 bits per heavy atom. The van der Waals surface area contributed by atoms with Gasteiger partial charge >= 0.3 is 5.97 Å². The van der Waals surface area contributed by atoms with E-state index < -0.39 is 17.4 Å². The topological polar surface area (TPSA) is 69.6 Å². The van der Waals surface area contributed by atoms with Crippen LogP contribution >= 0.6 is 11.3 Å². The zero-order valence-corrected chi connectivity index (χ0v) is 12.2. The van der Waals surface area contributed by atoms with Crippen LogP contribution in [0, 0.1) is 5.41 Å². The number of rotatable bonds is 2. The first kappa shape index (κ1) is 13.6. The van der Waals surface area contributed by atoms with Gasteiger partial charge in [0.2, 0.25) is 5.91 Å². The molecule has 0 bridgehead atoms. The van der Waals surface area contributed by atoms with Gasteiger partial charge in [0.25, 0.3) is 0 Å². The van der Waals surface area contributed by atoms with Crippen LogP contribution < -0.4 is 5.32 Å². The maximum absolute atomic E-state index is 12.8. The smallest absolute Gasteiger partial charge is 0.331 e. The van der Waals surface area contributed by atoms with E-state index in [0.717, 1.165) is 29.8 Å². The van der Waals surface area contributed by atoms with E-state index in [1.807, 2.05) is 18.4 Å². The summed E-state index contributed by atoms with van der Waals surface area (Å²) in [4.78, 5) is 27.1. The van der Waals surface area contributed by atoms with Gasteiger partial charge in [-0.3, -0.25) is 4.79 Å². The molecule has 20 heavy (non-hydrogen) atoms. The van der Waals surface area contributed by atoms with E-state index in [2.05, 4.69) is 5.32 Å². The highest BCUT2D eigenvalue weighted by Crippen LogP contribution is 2.37. The summed E-state index contributed by atoms with van der Waals surface area (Å²) in [7, 11) is 0. The first-order valence-electron chi connectivity index (χ1n) is 6.84. The quantitative estimate of drug-likeness (QED) is 0.861. The van der Waals surface area contributed by atoms with E-state index in [-0.39, 0.29) is 5.91 Å². The molecule has 0 radical (unpaired) electrons. The lowest BCUT2D eigenvalue weighted by Gasteiger charge is -2.38. The molecule has 1 fully saturated rings. The van der Waals surface area contributed by atoms with Crippen molar-refractivity contribution in [2.75, 3.05) is 19.6 Å². The molecule has 0 aromatic carbocycles. The summed E-state index contributed by atoms with van der Waals surface area (Å²) < 4.78 is 0. The molecule has 2 unspecified atom stereocenters. The van der Waals surface area contributed by atoms with E-state index in [1.54, 1.807) is 16.2 Å². The molecular formula is C14H18N2O3S. The van der Waals surface area contributed by atoms with Crippen LogP contribution in [-0.2, 0) is 16.0 Å². The van der Waals surface area contributed by atoms with Crippen LogP contribution in [-0.4, -0.2) is 41.5 Å². The van der Waals surface area contributed by atoms with Crippen LogP contribution in [0.2, 0.25) is 0 Å². The molecule has 1 amide bonds. The van der Waals surface area contributed by atoms with Crippen LogP contribution in [0.4, 0.5) is 0 Å². The molecule has 1 aromatic rings. The number of hydrogen-bond acceptors (Lipinski definition) is 4. The van der Waals surface area contributed by atoms with Gasteiger partial charge in [-0.25, -0.2) is 4.79 Å². The average Bonchev–Trinajstić information content (AvgIpc) is 3.05. The number of carbonyl (C=O) groups is 2. The van der Waals surface area contributed by atoms with Gasteiger partial charge < -0.3 is 15.3 Å². The van der Waals surface area contributed by atoms with Crippen molar-refractivity contribution < 1.29 is 14.7 Å². The van der Waals surface area contributed by atoms with Crippen LogP contribution in [0.3, 0.4) is 0 Å². The number of aliphatic carboxylic acids is 1. The maximum atomic E-state index is 12.8. The molecule has 3 heterocycles. The van der Waals surface area contributed by atoms with Gasteiger partial charge in [0.1, 0.15) is 0 Å². The summed E-state index contributed by atoms with van der Waals surface area (Å²) in [6.07, 6.45) is 1.52. The number of carboxylic acid groups (broad SMARTS) is 1. The third-order valence-corrected chi connectivity index (χ3v) is 5.34. The van der Waals surface area contributed by atoms with E-state index in [0.29, 0.717) is 13.1 Å². The standard InChI is InChI=1S/C14H18N2O3S/c1-14(4-5-15-8-14)13(19)16-6-2-10-9(3-7-20-10)11(16)12(17)18/h3,7,11,15H,2,4-6,8H2,1H3,(H,17,18). The Balaban J connectivity index is 1.93. The largest absolute Gasteiger partial charge is 0.479 e. The zero-order chi connectivity index (χ0) is 14.3. The summed E-state index contributed by atoms with van der Waals surface area (Å²) >= 11 is 1.58. The molecule has 1 saturated heterocycles. The lowest BCUT2D eigenvalue weighted by molar-refractivity contribution is -0.155. The molecule has 5 nitrogen and oxygen atoms in total. The molecule has 2 N–H and O–H groups in total. The minimum absolute atomic E-state index is 0.0354. The minimum Gasteiger partial charge on any atom is -0.479 e. The van der Waals surface area contributed by atoms with Crippen molar-refractivity contribution in [3.8, 4) is 0 Å². The van der Waals surface area contributed by atoms with Crippen LogP contribution in [0.25, 0.3) is 0 Å². The molecule has 1 aromatic heterocycles. The molecule has 0 aliphatic carbocycles. The lowest BCUT2D eigenvalue weighted by Crippen LogP contribution is -2.49. The van der Waals surface area contributed by atoms with Gasteiger partial charge in [-0.05, 0) is 43.3 Å². The molecule has 0 saturated carbocycles. The highest BCUT2D eigenvalue weighted by molar-refractivity contribution is 7.10. The van der Waals surface area contributed by atoms with Gasteiger partial charge in [0, 0.05) is 18.0 Å². The Labute approximate surface area is 121 Å². The molecule has 3 rings (SSSR count). The number of fused-ring (bicyclic) bond motifs is 1. The normalized spacial score (nSPS) is 29.2. The summed E-state index contributed by atoms with van der Waals surface area (Å²) in [6, 6.07) is 1.02. The fourth-order valence-corrected chi connectivity index (χ4v) is 4.05. The Morgan fingerprint density at radius 3 is 3.00 bits per heavy atom. The number of carboxylic acids is 1. The molecule has 108 valence electrons. The SMILES string of the molecule is CC1(C(=O)N2CCc3sccc3C2C(=O)O)CCNC1. The number of nitrogens with one attached hydrogen (secondary N) is 1. The number of amides is 1. The van der Waals surface area contributed by atoms with Crippen molar-refractivity contribution >= 4 is 23.2 Å². The highest BCUT2D eigenvalue weighted by atomic mass is 32.1. The van der Waals surface area contributed by atoms with Crippen LogP contribution in [0.5, 0.6) is 0 Å². The summed E-state index contributed by atoms with van der Waals surface area (Å²) in [5, 5.41) is 14.7. The van der Waals surface area contributed by atoms with E-state index in [1.165, 1.54) is 0 Å². The lowest BCUT2D eigenvalue weighted by atomic mass is 9.86. The fourth-order valence-electron chi connectivity index (χ4n) is 3.15. The van der Waals surface area contributed by atoms with Gasteiger partial charge in [-0.2, -0.15) is 0 Å². The first-order chi connectivity index (χ1) is 9.53. The van der Waals surface area contributed by atoms with Crippen molar-refractivity contribution in [1.29, 1.82) is 0 Å². The average molecular weight is 294 g/mol.